The van der Waals surface area contributed by atoms with Gasteiger partial charge in [-0.15, -0.1) is 0 Å². The second-order valence-corrected chi connectivity index (χ2v) is 7.24. The Hall–Kier alpha value is -4.42. The number of rotatable bonds is 8. The molecule has 0 aromatic heterocycles. The lowest BCUT2D eigenvalue weighted by atomic mass is 10.1. The third-order valence-electron chi connectivity index (χ3n) is 4.61. The highest BCUT2D eigenvalue weighted by molar-refractivity contribution is 6.32. The van der Waals surface area contributed by atoms with Gasteiger partial charge in [0.25, 0.3) is 11.6 Å². The van der Waals surface area contributed by atoms with Crippen molar-refractivity contribution in [3.8, 4) is 17.6 Å². The topological polar surface area (TPSA) is 114 Å². The number of nitro groups is 1. The SMILES string of the molecule is COc1cc(/C=C(\C#N)C(=O)Nc2ccc(Cl)c([N+](=O)[O-])c2)ccc1OCc1ccccc1F. The van der Waals surface area contributed by atoms with Crippen molar-refractivity contribution in [2.75, 3.05) is 12.4 Å². The molecule has 8 nitrogen and oxygen atoms in total. The van der Waals surface area contributed by atoms with E-state index in [9.17, 15) is 24.6 Å². The van der Waals surface area contributed by atoms with Crippen molar-refractivity contribution in [1.29, 1.82) is 5.26 Å². The number of nitrogens with one attached hydrogen (secondary N) is 1. The van der Waals surface area contributed by atoms with E-state index in [4.69, 9.17) is 21.1 Å². The van der Waals surface area contributed by atoms with Crippen LogP contribution in [0.3, 0.4) is 0 Å². The highest BCUT2D eigenvalue weighted by atomic mass is 35.5. The summed E-state index contributed by atoms with van der Waals surface area (Å²) in [4.78, 5) is 22.9. The predicted molar refractivity (Wildman–Crippen MR) is 124 cm³/mol. The molecule has 0 aliphatic carbocycles. The number of benzene rings is 3. The van der Waals surface area contributed by atoms with E-state index in [2.05, 4.69) is 5.32 Å². The molecule has 172 valence electrons. The Morgan fingerprint density at radius 3 is 2.65 bits per heavy atom. The average molecular weight is 482 g/mol. The summed E-state index contributed by atoms with van der Waals surface area (Å²) < 4.78 is 24.8. The number of anilines is 1. The number of hydrogen-bond donors (Lipinski definition) is 1. The molecule has 0 fully saturated rings. The first-order valence-electron chi connectivity index (χ1n) is 9.73. The fraction of sp³-hybridized carbons (Fsp3) is 0.0833. The van der Waals surface area contributed by atoms with Crippen LogP contribution in [-0.2, 0) is 11.4 Å². The van der Waals surface area contributed by atoms with Gasteiger partial charge in [-0.25, -0.2) is 4.39 Å². The van der Waals surface area contributed by atoms with Gasteiger partial charge >= 0.3 is 0 Å². The first-order chi connectivity index (χ1) is 16.3. The lowest BCUT2D eigenvalue weighted by Gasteiger charge is -2.12. The van der Waals surface area contributed by atoms with Crippen LogP contribution < -0.4 is 14.8 Å². The van der Waals surface area contributed by atoms with Crippen molar-refractivity contribution in [1.82, 2.24) is 0 Å². The van der Waals surface area contributed by atoms with E-state index in [1.165, 1.54) is 31.4 Å². The predicted octanol–water partition coefficient (Wildman–Crippen LogP) is 5.52. The molecule has 0 atom stereocenters. The van der Waals surface area contributed by atoms with Gasteiger partial charge in [0.15, 0.2) is 11.5 Å². The standard InChI is InChI=1S/C24H17ClFN3O5/c1-33-23-11-15(6-9-22(23)34-14-16-4-2-3-5-20(16)26)10-17(13-27)24(30)28-18-7-8-19(25)21(12-18)29(31)32/h2-12H,14H2,1H3,(H,28,30)/b17-10+. The zero-order valence-corrected chi connectivity index (χ0v) is 18.5. The molecule has 0 heterocycles. The molecule has 0 bridgehead atoms. The second kappa shape index (κ2) is 10.9. The van der Waals surface area contributed by atoms with Crippen molar-refractivity contribution >= 4 is 35.0 Å². The first kappa shape index (κ1) is 24.2. The third-order valence-corrected chi connectivity index (χ3v) is 4.93. The van der Waals surface area contributed by atoms with Crippen molar-refractivity contribution < 1.29 is 23.6 Å². The van der Waals surface area contributed by atoms with Crippen molar-refractivity contribution in [2.45, 2.75) is 6.61 Å². The van der Waals surface area contributed by atoms with Crippen LogP contribution in [0.4, 0.5) is 15.8 Å². The number of halogens is 2. The molecule has 0 aliphatic rings. The molecule has 0 aliphatic heterocycles. The van der Waals surface area contributed by atoms with Gasteiger partial charge in [-0.1, -0.05) is 35.9 Å². The third kappa shape index (κ3) is 5.88. The maximum atomic E-state index is 13.8. The number of methoxy groups -OCH3 is 1. The van der Waals surface area contributed by atoms with Crippen LogP contribution in [-0.4, -0.2) is 17.9 Å². The summed E-state index contributed by atoms with van der Waals surface area (Å²) >= 11 is 5.77. The maximum absolute atomic E-state index is 13.8. The molecule has 10 heteroatoms. The Morgan fingerprint density at radius 1 is 1.21 bits per heavy atom. The zero-order valence-electron chi connectivity index (χ0n) is 17.7. The van der Waals surface area contributed by atoms with Crippen LogP contribution in [0, 0.1) is 27.3 Å². The number of carbonyl (C=O) groups excluding carboxylic acids is 1. The number of carbonyl (C=O) groups is 1. The quantitative estimate of drug-likeness (QED) is 0.196. The number of nitriles is 1. The molecular weight excluding hydrogens is 465 g/mol. The Labute approximate surface area is 198 Å². The number of nitro benzene ring substituents is 1. The number of amides is 1. The molecule has 3 aromatic rings. The smallest absolute Gasteiger partial charge is 0.289 e. The van der Waals surface area contributed by atoms with Crippen molar-refractivity contribution in [3.63, 3.8) is 0 Å². The van der Waals surface area contributed by atoms with Gasteiger partial charge in [0, 0.05) is 17.3 Å². The first-order valence-corrected chi connectivity index (χ1v) is 10.1. The fourth-order valence-corrected chi connectivity index (χ4v) is 3.09. The normalized spacial score (nSPS) is 10.8. The van der Waals surface area contributed by atoms with Gasteiger partial charge in [-0.3, -0.25) is 14.9 Å². The summed E-state index contributed by atoms with van der Waals surface area (Å²) in [6.45, 7) is -0.0166. The molecule has 1 N–H and O–H groups in total. The molecular formula is C24H17ClFN3O5. The van der Waals surface area contributed by atoms with Crippen LogP contribution in [0.1, 0.15) is 11.1 Å². The summed E-state index contributed by atoms with van der Waals surface area (Å²) in [5.74, 6) is -0.495. The van der Waals surface area contributed by atoms with E-state index < -0.39 is 16.6 Å². The number of hydrogen-bond acceptors (Lipinski definition) is 6. The fourth-order valence-electron chi connectivity index (χ4n) is 2.91. The summed E-state index contributed by atoms with van der Waals surface area (Å²) in [5, 5.41) is 22.8. The summed E-state index contributed by atoms with van der Waals surface area (Å²) in [6.07, 6.45) is 1.32. The Bertz CT molecular complexity index is 1320. The summed E-state index contributed by atoms with van der Waals surface area (Å²) in [5.41, 5.74) is 0.317. The van der Waals surface area contributed by atoms with Crippen molar-refractivity contribution in [2.24, 2.45) is 0 Å². The van der Waals surface area contributed by atoms with Crippen LogP contribution in [0.15, 0.2) is 66.2 Å². The minimum absolute atomic E-state index is 0.0166. The molecule has 1 amide bonds. The average Bonchev–Trinajstić information content (AvgIpc) is 2.83. The van der Waals surface area contributed by atoms with E-state index >= 15 is 0 Å². The largest absolute Gasteiger partial charge is 0.493 e. The molecule has 3 rings (SSSR count). The molecule has 34 heavy (non-hydrogen) atoms. The highest BCUT2D eigenvalue weighted by Gasteiger charge is 2.16. The second-order valence-electron chi connectivity index (χ2n) is 6.84. The van der Waals surface area contributed by atoms with Crippen molar-refractivity contribution in [3.05, 3.63) is 98.3 Å². The minimum Gasteiger partial charge on any atom is -0.493 e. The molecule has 3 aromatic carbocycles. The van der Waals surface area contributed by atoms with Gasteiger partial charge in [0.2, 0.25) is 0 Å². The number of ether oxygens (including phenoxy) is 2. The molecule has 0 saturated heterocycles. The monoisotopic (exact) mass is 481 g/mol. The van der Waals surface area contributed by atoms with Gasteiger partial charge in [0.1, 0.15) is 29.1 Å². The highest BCUT2D eigenvalue weighted by Crippen LogP contribution is 2.30. The van der Waals surface area contributed by atoms with Crippen LogP contribution in [0.2, 0.25) is 5.02 Å². The maximum Gasteiger partial charge on any atom is 0.289 e. The molecule has 0 radical (unpaired) electrons. The Morgan fingerprint density at radius 2 is 1.97 bits per heavy atom. The van der Waals surface area contributed by atoms with Crippen LogP contribution >= 0.6 is 11.6 Å². The summed E-state index contributed by atoms with van der Waals surface area (Å²) in [7, 11) is 1.42. The lowest BCUT2D eigenvalue weighted by molar-refractivity contribution is -0.384. The van der Waals surface area contributed by atoms with E-state index in [1.54, 1.807) is 42.5 Å². The summed E-state index contributed by atoms with van der Waals surface area (Å²) in [6, 6.07) is 16.5. The van der Waals surface area contributed by atoms with E-state index in [1.807, 2.05) is 0 Å². The van der Waals surface area contributed by atoms with E-state index in [0.29, 0.717) is 22.6 Å². The molecule has 0 saturated carbocycles. The lowest BCUT2D eigenvalue weighted by Crippen LogP contribution is -2.13. The molecule has 0 spiro atoms. The van der Waals surface area contributed by atoms with E-state index in [-0.39, 0.29) is 28.6 Å². The molecule has 0 unspecified atom stereocenters. The Balaban J connectivity index is 1.78. The van der Waals surface area contributed by atoms with Gasteiger partial charge < -0.3 is 14.8 Å². The van der Waals surface area contributed by atoms with Gasteiger partial charge in [-0.05, 0) is 42.0 Å². The van der Waals surface area contributed by atoms with Crippen LogP contribution in [0.5, 0.6) is 11.5 Å². The zero-order chi connectivity index (χ0) is 24.7. The van der Waals surface area contributed by atoms with Crippen LogP contribution in [0.25, 0.3) is 6.08 Å². The van der Waals surface area contributed by atoms with Gasteiger partial charge in [0.05, 0.1) is 12.0 Å². The van der Waals surface area contributed by atoms with E-state index in [0.717, 1.165) is 6.07 Å². The minimum atomic E-state index is -0.766. The van der Waals surface area contributed by atoms with Gasteiger partial charge in [-0.2, -0.15) is 5.26 Å². The Kier molecular flexibility index (Phi) is 7.79. The number of nitrogens with zero attached hydrogens (tertiary/aromatic N) is 2.